The highest BCUT2D eigenvalue weighted by Gasteiger charge is 2.15. The van der Waals surface area contributed by atoms with Crippen LogP contribution in [0, 0.1) is 6.92 Å². The van der Waals surface area contributed by atoms with Crippen LogP contribution in [0.3, 0.4) is 0 Å². The summed E-state index contributed by atoms with van der Waals surface area (Å²) in [5.74, 6) is 0. The lowest BCUT2D eigenvalue weighted by atomic mass is 9.99. The van der Waals surface area contributed by atoms with Crippen molar-refractivity contribution in [1.29, 1.82) is 0 Å². The molecule has 0 amide bonds. The normalized spacial score (nSPS) is 19.3. The van der Waals surface area contributed by atoms with E-state index in [4.69, 9.17) is 4.74 Å². The second-order valence-corrected chi connectivity index (χ2v) is 5.06. The zero-order valence-corrected chi connectivity index (χ0v) is 11.2. The van der Waals surface area contributed by atoms with E-state index in [1.54, 1.807) is 0 Å². The lowest BCUT2D eigenvalue weighted by molar-refractivity contribution is 0.0277. The Labute approximate surface area is 114 Å². The summed E-state index contributed by atoms with van der Waals surface area (Å²) in [5, 5.41) is 3.38. The Morgan fingerprint density at radius 1 is 1.05 bits per heavy atom. The topological polar surface area (TPSA) is 21.3 Å². The number of hydrogen-bond donors (Lipinski definition) is 1. The molecule has 1 saturated heterocycles. The summed E-state index contributed by atoms with van der Waals surface area (Å²) in [6.07, 6.45) is 0.180. The fraction of sp³-hybridized carbons (Fsp3) is 0.294. The number of nitrogens with one attached hydrogen (secondary N) is 1. The highest BCUT2D eigenvalue weighted by atomic mass is 16.5. The predicted octanol–water partition coefficient (Wildman–Crippen LogP) is 3.32. The Morgan fingerprint density at radius 2 is 1.89 bits per heavy atom. The molecule has 1 atom stereocenters. The molecule has 1 fully saturated rings. The third-order valence-corrected chi connectivity index (χ3v) is 3.57. The molecule has 1 heterocycles. The van der Waals surface area contributed by atoms with E-state index in [1.165, 1.54) is 22.3 Å². The van der Waals surface area contributed by atoms with Crippen LogP contribution >= 0.6 is 0 Å². The van der Waals surface area contributed by atoms with Crippen molar-refractivity contribution in [3.63, 3.8) is 0 Å². The maximum absolute atomic E-state index is 5.81. The lowest BCUT2D eigenvalue weighted by Gasteiger charge is -2.24. The third-order valence-electron chi connectivity index (χ3n) is 3.57. The molecule has 2 nitrogen and oxygen atoms in total. The Hall–Kier alpha value is -1.64. The summed E-state index contributed by atoms with van der Waals surface area (Å²) in [7, 11) is 0. The molecule has 1 aliphatic rings. The average molecular weight is 253 g/mol. The van der Waals surface area contributed by atoms with Gasteiger partial charge in [0.2, 0.25) is 0 Å². The number of ether oxygens (including phenoxy) is 1. The summed E-state index contributed by atoms with van der Waals surface area (Å²) in [6.45, 7) is 4.76. The van der Waals surface area contributed by atoms with Crippen molar-refractivity contribution in [1.82, 2.24) is 5.32 Å². The number of rotatable bonds is 2. The fourth-order valence-corrected chi connectivity index (χ4v) is 2.44. The molecule has 1 unspecified atom stereocenters. The molecule has 0 bridgehead atoms. The molecular formula is C17H19NO. The minimum absolute atomic E-state index is 0.180. The van der Waals surface area contributed by atoms with Crippen molar-refractivity contribution in [2.45, 2.75) is 13.0 Å². The van der Waals surface area contributed by atoms with E-state index in [0.29, 0.717) is 0 Å². The monoisotopic (exact) mass is 253 g/mol. The maximum atomic E-state index is 5.81. The Bertz CT molecular complexity index is 541. The van der Waals surface area contributed by atoms with E-state index in [0.717, 1.165) is 19.7 Å². The van der Waals surface area contributed by atoms with Crippen molar-refractivity contribution in [3.8, 4) is 11.1 Å². The van der Waals surface area contributed by atoms with E-state index in [1.807, 2.05) is 0 Å². The van der Waals surface area contributed by atoms with Crippen molar-refractivity contribution in [3.05, 3.63) is 59.7 Å². The van der Waals surface area contributed by atoms with E-state index < -0.39 is 0 Å². The highest BCUT2D eigenvalue weighted by Crippen LogP contribution is 2.25. The van der Waals surface area contributed by atoms with Gasteiger partial charge in [0, 0.05) is 13.1 Å². The summed E-state index contributed by atoms with van der Waals surface area (Å²) in [5.41, 5.74) is 5.06. The number of hydrogen-bond acceptors (Lipinski definition) is 2. The van der Waals surface area contributed by atoms with Crippen LogP contribution in [0.25, 0.3) is 11.1 Å². The summed E-state index contributed by atoms with van der Waals surface area (Å²) in [6, 6.07) is 17.3. The second kappa shape index (κ2) is 5.55. The van der Waals surface area contributed by atoms with Crippen molar-refractivity contribution in [2.24, 2.45) is 0 Å². The number of morpholine rings is 1. The van der Waals surface area contributed by atoms with Crippen LogP contribution in [0.2, 0.25) is 0 Å². The van der Waals surface area contributed by atoms with Gasteiger partial charge in [-0.05, 0) is 29.7 Å². The van der Waals surface area contributed by atoms with Gasteiger partial charge in [-0.15, -0.1) is 0 Å². The molecule has 0 aromatic heterocycles. The van der Waals surface area contributed by atoms with Crippen LogP contribution in [0.15, 0.2) is 48.5 Å². The molecule has 2 aromatic rings. The van der Waals surface area contributed by atoms with Crippen molar-refractivity contribution < 1.29 is 4.74 Å². The Balaban J connectivity index is 1.88. The van der Waals surface area contributed by atoms with Gasteiger partial charge in [-0.25, -0.2) is 0 Å². The third kappa shape index (κ3) is 2.86. The van der Waals surface area contributed by atoms with Gasteiger partial charge in [0.1, 0.15) is 0 Å². The van der Waals surface area contributed by atoms with Gasteiger partial charge in [0.25, 0.3) is 0 Å². The zero-order chi connectivity index (χ0) is 13.1. The fourth-order valence-electron chi connectivity index (χ4n) is 2.44. The molecular weight excluding hydrogens is 234 g/mol. The first kappa shape index (κ1) is 12.4. The zero-order valence-electron chi connectivity index (χ0n) is 11.2. The second-order valence-electron chi connectivity index (χ2n) is 5.06. The SMILES string of the molecule is Cc1ccc(-c2cccc(C3CNCCO3)c2)cc1. The van der Waals surface area contributed by atoms with Gasteiger partial charge >= 0.3 is 0 Å². The minimum Gasteiger partial charge on any atom is -0.371 e. The lowest BCUT2D eigenvalue weighted by Crippen LogP contribution is -2.33. The first-order valence-electron chi connectivity index (χ1n) is 6.82. The molecule has 98 valence electrons. The van der Waals surface area contributed by atoms with E-state index in [2.05, 4.69) is 60.8 Å². The van der Waals surface area contributed by atoms with Gasteiger partial charge in [0.05, 0.1) is 12.7 Å². The largest absolute Gasteiger partial charge is 0.371 e. The van der Waals surface area contributed by atoms with E-state index in [9.17, 15) is 0 Å². The van der Waals surface area contributed by atoms with Crippen LogP contribution < -0.4 is 5.32 Å². The van der Waals surface area contributed by atoms with E-state index in [-0.39, 0.29) is 6.10 Å². The van der Waals surface area contributed by atoms with Gasteiger partial charge in [0.15, 0.2) is 0 Å². The molecule has 0 aliphatic carbocycles. The first-order chi connectivity index (χ1) is 9.33. The quantitative estimate of drug-likeness (QED) is 0.886. The minimum atomic E-state index is 0.180. The highest BCUT2D eigenvalue weighted by molar-refractivity contribution is 5.64. The summed E-state index contributed by atoms with van der Waals surface area (Å²) < 4.78 is 5.81. The Morgan fingerprint density at radius 3 is 2.63 bits per heavy atom. The average Bonchev–Trinajstić information content (AvgIpc) is 2.49. The molecule has 2 aromatic carbocycles. The Kier molecular flexibility index (Phi) is 3.62. The maximum Gasteiger partial charge on any atom is 0.0950 e. The first-order valence-corrected chi connectivity index (χ1v) is 6.82. The molecule has 0 radical (unpaired) electrons. The van der Waals surface area contributed by atoms with Crippen LogP contribution in [-0.2, 0) is 4.74 Å². The molecule has 1 N–H and O–H groups in total. The van der Waals surface area contributed by atoms with Crippen LogP contribution in [0.1, 0.15) is 17.2 Å². The molecule has 2 heteroatoms. The van der Waals surface area contributed by atoms with Crippen molar-refractivity contribution >= 4 is 0 Å². The van der Waals surface area contributed by atoms with Gasteiger partial charge in [-0.2, -0.15) is 0 Å². The van der Waals surface area contributed by atoms with Crippen molar-refractivity contribution in [2.75, 3.05) is 19.7 Å². The van der Waals surface area contributed by atoms with Crippen LogP contribution in [-0.4, -0.2) is 19.7 Å². The van der Waals surface area contributed by atoms with Crippen LogP contribution in [0.5, 0.6) is 0 Å². The summed E-state index contributed by atoms with van der Waals surface area (Å²) >= 11 is 0. The molecule has 1 aliphatic heterocycles. The van der Waals surface area contributed by atoms with Gasteiger partial charge < -0.3 is 10.1 Å². The number of benzene rings is 2. The van der Waals surface area contributed by atoms with Gasteiger partial charge in [-0.1, -0.05) is 48.0 Å². The van der Waals surface area contributed by atoms with Crippen LogP contribution in [0.4, 0.5) is 0 Å². The van der Waals surface area contributed by atoms with Gasteiger partial charge in [-0.3, -0.25) is 0 Å². The molecule has 19 heavy (non-hydrogen) atoms. The standard InChI is InChI=1S/C17H19NO/c1-13-5-7-14(8-6-13)15-3-2-4-16(11-15)17-12-18-9-10-19-17/h2-8,11,17-18H,9-10,12H2,1H3. The molecule has 0 spiro atoms. The van der Waals surface area contributed by atoms with E-state index >= 15 is 0 Å². The molecule has 3 rings (SSSR count). The molecule has 0 saturated carbocycles. The number of aryl methyl sites for hydroxylation is 1. The summed E-state index contributed by atoms with van der Waals surface area (Å²) in [4.78, 5) is 0. The predicted molar refractivity (Wildman–Crippen MR) is 78.2 cm³/mol. The smallest absolute Gasteiger partial charge is 0.0950 e.